The molecule has 106 valence electrons. The van der Waals surface area contributed by atoms with Crippen LogP contribution in [0, 0.1) is 0 Å². The number of rotatable bonds is 6. The molecule has 1 heterocycles. The molecule has 1 aromatic rings. The van der Waals surface area contributed by atoms with E-state index in [1.807, 2.05) is 0 Å². The lowest BCUT2D eigenvalue weighted by atomic mass is 10.5. The average Bonchev–Trinajstić information content (AvgIpc) is 2.43. The van der Waals surface area contributed by atoms with Crippen molar-refractivity contribution < 1.29 is 19.4 Å². The molecule has 1 aromatic heterocycles. The molecule has 0 aliphatic heterocycles. The Labute approximate surface area is 111 Å². The monoisotopic (exact) mass is 270 g/mol. The van der Waals surface area contributed by atoms with Crippen molar-refractivity contribution in [2.75, 3.05) is 46.3 Å². The SMILES string of the molecule is COc1cc(OC)nc(N(C)CCN(C)C(=O)O)n1. The van der Waals surface area contributed by atoms with Crippen molar-refractivity contribution in [2.24, 2.45) is 0 Å². The Morgan fingerprint density at radius 2 is 1.74 bits per heavy atom. The Bertz CT molecular complexity index is 418. The van der Waals surface area contributed by atoms with Crippen molar-refractivity contribution >= 4 is 12.0 Å². The maximum absolute atomic E-state index is 10.7. The summed E-state index contributed by atoms with van der Waals surface area (Å²) in [5.41, 5.74) is 0. The zero-order chi connectivity index (χ0) is 14.4. The van der Waals surface area contributed by atoms with Crippen molar-refractivity contribution in [2.45, 2.75) is 0 Å². The van der Waals surface area contributed by atoms with Gasteiger partial charge in [0.2, 0.25) is 17.7 Å². The molecule has 0 aliphatic carbocycles. The van der Waals surface area contributed by atoms with Gasteiger partial charge in [-0.2, -0.15) is 9.97 Å². The Morgan fingerprint density at radius 3 is 2.16 bits per heavy atom. The largest absolute Gasteiger partial charge is 0.481 e. The zero-order valence-corrected chi connectivity index (χ0v) is 11.5. The van der Waals surface area contributed by atoms with Crippen molar-refractivity contribution in [3.05, 3.63) is 6.07 Å². The molecule has 19 heavy (non-hydrogen) atoms. The summed E-state index contributed by atoms with van der Waals surface area (Å²) < 4.78 is 10.1. The third kappa shape index (κ3) is 4.16. The van der Waals surface area contributed by atoms with E-state index in [1.165, 1.54) is 26.2 Å². The predicted molar refractivity (Wildman–Crippen MR) is 69.1 cm³/mol. The van der Waals surface area contributed by atoms with Crippen LogP contribution in [0.25, 0.3) is 0 Å². The van der Waals surface area contributed by atoms with E-state index in [0.717, 1.165) is 0 Å². The first-order chi connectivity index (χ1) is 8.97. The van der Waals surface area contributed by atoms with Crippen LogP contribution < -0.4 is 14.4 Å². The molecule has 1 rings (SSSR count). The molecule has 0 radical (unpaired) electrons. The lowest BCUT2D eigenvalue weighted by Gasteiger charge is -2.21. The molecule has 1 N–H and O–H groups in total. The van der Waals surface area contributed by atoms with E-state index in [2.05, 4.69) is 9.97 Å². The highest BCUT2D eigenvalue weighted by Gasteiger charge is 2.12. The van der Waals surface area contributed by atoms with E-state index < -0.39 is 6.09 Å². The van der Waals surface area contributed by atoms with Gasteiger partial charge in [0, 0.05) is 27.2 Å². The summed E-state index contributed by atoms with van der Waals surface area (Å²) in [5.74, 6) is 1.19. The van der Waals surface area contributed by atoms with E-state index in [0.29, 0.717) is 30.8 Å². The molecule has 0 aliphatic rings. The smallest absolute Gasteiger partial charge is 0.407 e. The highest BCUT2D eigenvalue weighted by molar-refractivity contribution is 5.64. The number of aromatic nitrogens is 2. The van der Waals surface area contributed by atoms with Crippen molar-refractivity contribution in [1.82, 2.24) is 14.9 Å². The van der Waals surface area contributed by atoms with Crippen LogP contribution >= 0.6 is 0 Å². The Hall–Kier alpha value is -2.25. The Balaban J connectivity index is 2.75. The number of hydrogen-bond donors (Lipinski definition) is 1. The van der Waals surface area contributed by atoms with Gasteiger partial charge in [-0.05, 0) is 0 Å². The Morgan fingerprint density at radius 1 is 1.21 bits per heavy atom. The van der Waals surface area contributed by atoms with Crippen molar-refractivity contribution in [1.29, 1.82) is 0 Å². The van der Waals surface area contributed by atoms with Crippen LogP contribution in [-0.2, 0) is 0 Å². The minimum absolute atomic E-state index is 0.342. The molecular formula is C11H18N4O4. The third-order valence-electron chi connectivity index (χ3n) is 2.52. The fraction of sp³-hybridized carbons (Fsp3) is 0.545. The number of likely N-dealkylation sites (N-methyl/N-ethyl adjacent to an activating group) is 2. The second-order valence-electron chi connectivity index (χ2n) is 3.88. The molecule has 0 spiro atoms. The van der Waals surface area contributed by atoms with Crippen LogP contribution in [0.2, 0.25) is 0 Å². The van der Waals surface area contributed by atoms with Gasteiger partial charge in [-0.1, -0.05) is 0 Å². The third-order valence-corrected chi connectivity index (χ3v) is 2.52. The van der Waals surface area contributed by atoms with E-state index in [1.54, 1.807) is 18.0 Å². The molecule has 0 unspecified atom stereocenters. The van der Waals surface area contributed by atoms with Gasteiger partial charge in [-0.15, -0.1) is 0 Å². The van der Waals surface area contributed by atoms with Gasteiger partial charge >= 0.3 is 6.09 Å². The molecule has 0 bridgehead atoms. The number of carboxylic acid groups (broad SMARTS) is 1. The van der Waals surface area contributed by atoms with Crippen LogP contribution in [0.1, 0.15) is 0 Å². The van der Waals surface area contributed by atoms with Gasteiger partial charge in [-0.3, -0.25) is 0 Å². The molecule has 1 amide bonds. The molecular weight excluding hydrogens is 252 g/mol. The van der Waals surface area contributed by atoms with Crippen molar-refractivity contribution in [3.8, 4) is 11.8 Å². The number of ether oxygens (including phenoxy) is 2. The van der Waals surface area contributed by atoms with E-state index in [4.69, 9.17) is 14.6 Å². The summed E-state index contributed by atoms with van der Waals surface area (Å²) in [5, 5.41) is 8.77. The van der Waals surface area contributed by atoms with Gasteiger partial charge < -0.3 is 24.4 Å². The lowest BCUT2D eigenvalue weighted by molar-refractivity contribution is 0.157. The summed E-state index contributed by atoms with van der Waals surface area (Å²) in [6.45, 7) is 0.799. The van der Waals surface area contributed by atoms with E-state index in [-0.39, 0.29) is 0 Å². The highest BCUT2D eigenvalue weighted by atomic mass is 16.5. The summed E-state index contributed by atoms with van der Waals surface area (Å²) >= 11 is 0. The fourth-order valence-corrected chi connectivity index (χ4v) is 1.27. The summed E-state index contributed by atoms with van der Waals surface area (Å²) in [6, 6.07) is 1.57. The summed E-state index contributed by atoms with van der Waals surface area (Å²) in [6.07, 6.45) is -0.974. The molecule has 8 nitrogen and oxygen atoms in total. The minimum Gasteiger partial charge on any atom is -0.481 e. The van der Waals surface area contributed by atoms with Gasteiger partial charge in [0.25, 0.3) is 0 Å². The number of methoxy groups -OCH3 is 2. The first-order valence-corrected chi connectivity index (χ1v) is 5.60. The van der Waals surface area contributed by atoms with Crippen LogP contribution in [-0.4, -0.2) is 67.5 Å². The van der Waals surface area contributed by atoms with E-state index in [9.17, 15) is 4.79 Å². The van der Waals surface area contributed by atoms with Crippen LogP contribution in [0.15, 0.2) is 6.07 Å². The van der Waals surface area contributed by atoms with Gasteiger partial charge in [0.1, 0.15) is 0 Å². The minimum atomic E-state index is -0.974. The van der Waals surface area contributed by atoms with Crippen LogP contribution in [0.3, 0.4) is 0 Å². The second kappa shape index (κ2) is 6.62. The maximum Gasteiger partial charge on any atom is 0.407 e. The standard InChI is InChI=1S/C11H18N4O4/c1-14(5-6-15(2)11(16)17)10-12-8(18-3)7-9(13-10)19-4/h7H,5-6H2,1-4H3,(H,16,17). The summed E-state index contributed by atoms with van der Waals surface area (Å²) in [7, 11) is 6.28. The van der Waals surface area contributed by atoms with Gasteiger partial charge in [0.15, 0.2) is 0 Å². The normalized spacial score (nSPS) is 9.89. The average molecular weight is 270 g/mol. The zero-order valence-electron chi connectivity index (χ0n) is 11.5. The van der Waals surface area contributed by atoms with E-state index >= 15 is 0 Å². The lowest BCUT2D eigenvalue weighted by Crippen LogP contribution is -2.34. The quantitative estimate of drug-likeness (QED) is 0.807. The van der Waals surface area contributed by atoms with Gasteiger partial charge in [-0.25, -0.2) is 4.79 Å². The van der Waals surface area contributed by atoms with Crippen LogP contribution in [0.4, 0.5) is 10.7 Å². The first kappa shape index (κ1) is 14.8. The molecule has 8 heteroatoms. The predicted octanol–water partition coefficient (Wildman–Crippen LogP) is 0.540. The topological polar surface area (TPSA) is 88.0 Å². The molecule has 0 aromatic carbocycles. The molecule has 0 saturated carbocycles. The highest BCUT2D eigenvalue weighted by Crippen LogP contribution is 2.19. The molecule has 0 atom stereocenters. The first-order valence-electron chi connectivity index (χ1n) is 5.60. The number of nitrogens with zero attached hydrogens (tertiary/aromatic N) is 4. The fourth-order valence-electron chi connectivity index (χ4n) is 1.27. The molecule has 0 saturated heterocycles. The maximum atomic E-state index is 10.7. The Kier molecular flexibility index (Phi) is 5.16. The number of hydrogen-bond acceptors (Lipinski definition) is 6. The van der Waals surface area contributed by atoms with Crippen molar-refractivity contribution in [3.63, 3.8) is 0 Å². The van der Waals surface area contributed by atoms with Gasteiger partial charge in [0.05, 0.1) is 20.3 Å². The molecule has 0 fully saturated rings. The summed E-state index contributed by atoms with van der Waals surface area (Å²) in [4.78, 5) is 21.9. The van der Waals surface area contributed by atoms with Crippen LogP contribution in [0.5, 0.6) is 11.8 Å². The number of carbonyl (C=O) groups is 1. The second-order valence-corrected chi connectivity index (χ2v) is 3.88. The number of amides is 1. The number of anilines is 1.